The maximum absolute atomic E-state index is 13.1. The van der Waals surface area contributed by atoms with E-state index in [0.29, 0.717) is 11.3 Å². The number of phenols is 1. The average Bonchev–Trinajstić information content (AvgIpc) is 2.51. The summed E-state index contributed by atoms with van der Waals surface area (Å²) >= 11 is 0. The summed E-state index contributed by atoms with van der Waals surface area (Å²) in [5.41, 5.74) is 2.82. The number of nitrogens with zero attached hydrogens (tertiary/aromatic N) is 1. The number of hydrogen-bond donors (Lipinski definition) is 2. The number of amides is 1. The second-order valence-electron chi connectivity index (χ2n) is 4.11. The summed E-state index contributed by atoms with van der Waals surface area (Å²) in [6.07, 6.45) is 1.16. The quantitative estimate of drug-likeness (QED) is 0.670. The number of carbonyl (C=O) groups excluding carboxylic acids is 1. The molecule has 2 N–H and O–H groups in total. The summed E-state index contributed by atoms with van der Waals surface area (Å²) in [7, 11) is 1.50. The highest BCUT2D eigenvalue weighted by molar-refractivity contribution is 5.95. The van der Waals surface area contributed by atoms with Gasteiger partial charge in [-0.25, -0.2) is 9.82 Å². The van der Waals surface area contributed by atoms with Crippen LogP contribution in [0.3, 0.4) is 0 Å². The van der Waals surface area contributed by atoms with Crippen molar-refractivity contribution in [3.05, 3.63) is 59.4 Å². The molecule has 0 fully saturated rings. The molecule has 0 unspecified atom stereocenters. The Labute approximate surface area is 120 Å². The van der Waals surface area contributed by atoms with Crippen LogP contribution in [-0.4, -0.2) is 24.3 Å². The minimum absolute atomic E-state index is 0.168. The lowest BCUT2D eigenvalue weighted by molar-refractivity contribution is 0.0954. The molecule has 2 aromatic carbocycles. The Hall–Kier alpha value is -2.89. The highest BCUT2D eigenvalue weighted by Crippen LogP contribution is 2.18. The Morgan fingerprint density at radius 2 is 2.10 bits per heavy atom. The second-order valence-corrected chi connectivity index (χ2v) is 4.11. The first-order valence-corrected chi connectivity index (χ1v) is 6.06. The first kappa shape index (κ1) is 14.5. The number of aromatic hydroxyl groups is 1. The Balaban J connectivity index is 2.06. The zero-order chi connectivity index (χ0) is 15.2. The van der Waals surface area contributed by atoms with E-state index in [1.165, 1.54) is 19.2 Å². The summed E-state index contributed by atoms with van der Waals surface area (Å²) in [6.45, 7) is 0. The zero-order valence-corrected chi connectivity index (χ0v) is 11.2. The molecule has 0 aliphatic rings. The van der Waals surface area contributed by atoms with Gasteiger partial charge >= 0.3 is 0 Å². The fraction of sp³-hybridized carbons (Fsp3) is 0.0667. The molecule has 0 saturated carbocycles. The van der Waals surface area contributed by atoms with Crippen molar-refractivity contribution in [1.82, 2.24) is 5.43 Å². The third kappa shape index (κ3) is 3.56. The fourth-order valence-corrected chi connectivity index (χ4v) is 1.63. The van der Waals surface area contributed by atoms with Gasteiger partial charge in [0, 0.05) is 11.1 Å². The smallest absolute Gasteiger partial charge is 0.271 e. The van der Waals surface area contributed by atoms with Crippen LogP contribution in [0.1, 0.15) is 15.9 Å². The van der Waals surface area contributed by atoms with Gasteiger partial charge in [0.25, 0.3) is 5.91 Å². The lowest BCUT2D eigenvalue weighted by Crippen LogP contribution is -2.17. The molecule has 0 saturated heterocycles. The molecule has 0 bridgehead atoms. The lowest BCUT2D eigenvalue weighted by Gasteiger charge is -2.03. The van der Waals surface area contributed by atoms with Crippen molar-refractivity contribution in [3.63, 3.8) is 0 Å². The molecule has 0 spiro atoms. The molecule has 0 aromatic heterocycles. The largest absolute Gasteiger partial charge is 0.504 e. The molecule has 0 radical (unpaired) electrons. The van der Waals surface area contributed by atoms with Gasteiger partial charge in [-0.05, 0) is 30.3 Å². The van der Waals surface area contributed by atoms with Gasteiger partial charge in [0.2, 0.25) is 0 Å². The van der Waals surface area contributed by atoms with E-state index in [2.05, 4.69) is 10.5 Å². The highest BCUT2D eigenvalue weighted by atomic mass is 19.1. The van der Waals surface area contributed by atoms with Crippen molar-refractivity contribution < 1.29 is 19.0 Å². The van der Waals surface area contributed by atoms with Crippen LogP contribution in [0.2, 0.25) is 0 Å². The third-order valence-electron chi connectivity index (χ3n) is 2.72. The van der Waals surface area contributed by atoms with E-state index in [1.54, 1.807) is 24.3 Å². The summed E-state index contributed by atoms with van der Waals surface area (Å²) in [5.74, 6) is -1.16. The summed E-state index contributed by atoms with van der Waals surface area (Å²) in [4.78, 5) is 11.8. The van der Waals surface area contributed by atoms with Crippen LogP contribution in [0.15, 0.2) is 47.6 Å². The maximum Gasteiger partial charge on any atom is 0.271 e. The first-order chi connectivity index (χ1) is 10.1. The average molecular weight is 288 g/mol. The molecule has 0 atom stereocenters. The van der Waals surface area contributed by atoms with E-state index >= 15 is 0 Å². The van der Waals surface area contributed by atoms with Gasteiger partial charge in [0.1, 0.15) is 5.75 Å². The van der Waals surface area contributed by atoms with Crippen LogP contribution >= 0.6 is 0 Å². The predicted octanol–water partition coefficient (Wildman–Crippen LogP) is 2.30. The highest BCUT2D eigenvalue weighted by Gasteiger charge is 2.06. The predicted molar refractivity (Wildman–Crippen MR) is 76.1 cm³/mol. The van der Waals surface area contributed by atoms with Gasteiger partial charge in [-0.3, -0.25) is 4.79 Å². The number of carbonyl (C=O) groups is 1. The van der Waals surface area contributed by atoms with Gasteiger partial charge in [0.05, 0.1) is 13.3 Å². The molecule has 2 rings (SSSR count). The van der Waals surface area contributed by atoms with Gasteiger partial charge in [-0.15, -0.1) is 0 Å². The Morgan fingerprint density at radius 3 is 2.86 bits per heavy atom. The van der Waals surface area contributed by atoms with E-state index in [4.69, 9.17) is 4.74 Å². The van der Waals surface area contributed by atoms with E-state index in [1.807, 2.05) is 0 Å². The Kier molecular flexibility index (Phi) is 4.50. The minimum atomic E-state index is -0.752. The lowest BCUT2D eigenvalue weighted by atomic mass is 10.2. The van der Waals surface area contributed by atoms with Crippen molar-refractivity contribution in [3.8, 4) is 11.5 Å². The Bertz CT molecular complexity index is 686. The SMILES string of the molecule is COc1cccc(C(=O)N/N=C/c2cccc(F)c2O)c1. The molecular weight excluding hydrogens is 275 g/mol. The van der Waals surface area contributed by atoms with Crippen LogP contribution in [0.4, 0.5) is 4.39 Å². The number of hydrazone groups is 1. The summed E-state index contributed by atoms with van der Waals surface area (Å²) in [6, 6.07) is 10.6. The molecule has 108 valence electrons. The number of rotatable bonds is 4. The minimum Gasteiger partial charge on any atom is -0.504 e. The van der Waals surface area contributed by atoms with Gasteiger partial charge in [0.15, 0.2) is 11.6 Å². The number of methoxy groups -OCH3 is 1. The van der Waals surface area contributed by atoms with Crippen molar-refractivity contribution >= 4 is 12.1 Å². The van der Waals surface area contributed by atoms with Crippen molar-refractivity contribution in [2.24, 2.45) is 5.10 Å². The number of benzene rings is 2. The molecule has 6 heteroatoms. The molecule has 0 heterocycles. The van der Waals surface area contributed by atoms with Crippen LogP contribution in [0.5, 0.6) is 11.5 Å². The Morgan fingerprint density at radius 1 is 1.33 bits per heavy atom. The molecular formula is C15H13FN2O3. The number of phenolic OH excluding ortho intramolecular Hbond substituents is 1. The van der Waals surface area contributed by atoms with Crippen molar-refractivity contribution in [1.29, 1.82) is 0 Å². The number of hydrogen-bond acceptors (Lipinski definition) is 4. The van der Waals surface area contributed by atoms with E-state index < -0.39 is 17.5 Å². The fourth-order valence-electron chi connectivity index (χ4n) is 1.63. The van der Waals surface area contributed by atoms with E-state index in [-0.39, 0.29) is 5.56 Å². The van der Waals surface area contributed by atoms with Gasteiger partial charge in [-0.2, -0.15) is 5.10 Å². The van der Waals surface area contributed by atoms with E-state index in [0.717, 1.165) is 12.3 Å². The molecule has 0 aliphatic heterocycles. The van der Waals surface area contributed by atoms with Crippen LogP contribution < -0.4 is 10.2 Å². The van der Waals surface area contributed by atoms with Crippen molar-refractivity contribution in [2.75, 3.05) is 7.11 Å². The molecule has 21 heavy (non-hydrogen) atoms. The third-order valence-corrected chi connectivity index (χ3v) is 2.72. The normalized spacial score (nSPS) is 10.6. The molecule has 2 aromatic rings. The topological polar surface area (TPSA) is 70.9 Å². The maximum atomic E-state index is 13.1. The van der Waals surface area contributed by atoms with Gasteiger partial charge < -0.3 is 9.84 Å². The number of para-hydroxylation sites is 1. The zero-order valence-electron chi connectivity index (χ0n) is 11.2. The van der Waals surface area contributed by atoms with Crippen molar-refractivity contribution in [2.45, 2.75) is 0 Å². The van der Waals surface area contributed by atoms with E-state index in [9.17, 15) is 14.3 Å². The number of nitrogens with one attached hydrogen (secondary N) is 1. The first-order valence-electron chi connectivity index (χ1n) is 6.06. The number of halogens is 1. The van der Waals surface area contributed by atoms with Crippen LogP contribution in [0.25, 0.3) is 0 Å². The molecule has 0 aliphatic carbocycles. The monoisotopic (exact) mass is 288 g/mol. The summed E-state index contributed by atoms with van der Waals surface area (Å²) < 4.78 is 18.1. The summed E-state index contributed by atoms with van der Waals surface area (Å²) in [5, 5.41) is 13.1. The molecule has 1 amide bonds. The standard InChI is InChI=1S/C15H13FN2O3/c1-21-12-6-2-4-10(8-12)15(20)18-17-9-11-5-3-7-13(16)14(11)19/h2-9,19H,1H3,(H,18,20)/b17-9+. The van der Waals surface area contributed by atoms with Crippen LogP contribution in [-0.2, 0) is 0 Å². The number of ether oxygens (including phenoxy) is 1. The second kappa shape index (κ2) is 6.51. The van der Waals surface area contributed by atoms with Crippen LogP contribution in [0, 0.1) is 5.82 Å². The van der Waals surface area contributed by atoms with Gasteiger partial charge in [-0.1, -0.05) is 12.1 Å². The molecule has 5 nitrogen and oxygen atoms in total.